The van der Waals surface area contributed by atoms with Gasteiger partial charge in [0, 0.05) is 12.7 Å². The Hall–Kier alpha value is -1.85. The van der Waals surface area contributed by atoms with Crippen LogP contribution in [0.1, 0.15) is 18.6 Å². The van der Waals surface area contributed by atoms with Crippen LogP contribution in [-0.4, -0.2) is 15.5 Å². The summed E-state index contributed by atoms with van der Waals surface area (Å²) in [6.45, 7) is 1.81. The minimum atomic E-state index is -3.59. The predicted octanol–water partition coefficient (Wildman–Crippen LogP) is 3.33. The van der Waals surface area contributed by atoms with E-state index in [1.54, 1.807) is 49.6 Å². The molecule has 0 amide bonds. The molecule has 1 atom stereocenters. The molecular weight excluding hydrogens is 276 g/mol. The van der Waals surface area contributed by atoms with E-state index in [4.69, 9.17) is 9.47 Å². The van der Waals surface area contributed by atoms with E-state index >= 15 is 0 Å². The molecule has 0 radical (unpaired) electrons. The fourth-order valence-electron chi connectivity index (χ4n) is 2.33. The summed E-state index contributed by atoms with van der Waals surface area (Å²) >= 11 is 0. The summed E-state index contributed by atoms with van der Waals surface area (Å²) < 4.78 is 36.6. The van der Waals surface area contributed by atoms with Crippen molar-refractivity contribution in [3.8, 4) is 11.5 Å². The molecule has 5 heteroatoms. The number of fused-ring (bicyclic) bond motifs is 2. The number of benzene rings is 2. The second kappa shape index (κ2) is 4.61. The molecule has 0 saturated heterocycles. The van der Waals surface area contributed by atoms with Crippen molar-refractivity contribution < 1.29 is 17.9 Å². The maximum absolute atomic E-state index is 12.8. The van der Waals surface area contributed by atoms with Crippen LogP contribution in [0.3, 0.4) is 0 Å². The molecule has 0 aromatic heterocycles. The number of para-hydroxylation sites is 1. The predicted molar refractivity (Wildman–Crippen MR) is 73.8 cm³/mol. The first-order valence-corrected chi connectivity index (χ1v) is 7.71. The molecule has 0 aliphatic carbocycles. The molecule has 0 N–H and O–H groups in total. The Morgan fingerprint density at radius 3 is 2.50 bits per heavy atom. The number of hydrogen-bond acceptors (Lipinski definition) is 4. The van der Waals surface area contributed by atoms with Crippen LogP contribution >= 0.6 is 0 Å². The van der Waals surface area contributed by atoms with Gasteiger partial charge in [-0.2, -0.15) is 0 Å². The minimum absolute atomic E-state index is 0.197. The van der Waals surface area contributed by atoms with Gasteiger partial charge in [0.2, 0.25) is 9.84 Å². The molecule has 0 spiro atoms. The molecule has 1 aliphatic rings. The fraction of sp³-hybridized carbons (Fsp3) is 0.200. The molecule has 2 aromatic carbocycles. The Morgan fingerprint density at radius 2 is 1.75 bits per heavy atom. The third-order valence-corrected chi connectivity index (χ3v) is 5.32. The Kier molecular flexibility index (Phi) is 3.03. The van der Waals surface area contributed by atoms with Crippen LogP contribution in [0.5, 0.6) is 11.5 Å². The molecule has 1 heterocycles. The zero-order valence-corrected chi connectivity index (χ0v) is 12.0. The van der Waals surface area contributed by atoms with Gasteiger partial charge in [0.05, 0.1) is 6.10 Å². The van der Waals surface area contributed by atoms with Gasteiger partial charge in [0.15, 0.2) is 0 Å². The lowest BCUT2D eigenvalue weighted by Crippen LogP contribution is -2.15. The van der Waals surface area contributed by atoms with Crippen LogP contribution in [0.25, 0.3) is 0 Å². The van der Waals surface area contributed by atoms with Gasteiger partial charge in [-0.25, -0.2) is 8.42 Å². The van der Waals surface area contributed by atoms with Crippen LogP contribution < -0.4 is 4.74 Å². The highest BCUT2D eigenvalue weighted by Crippen LogP contribution is 2.45. The zero-order valence-electron chi connectivity index (χ0n) is 11.2. The smallest absolute Gasteiger partial charge is 0.214 e. The average Bonchev–Trinajstić information content (AvgIpc) is 2.46. The lowest BCUT2D eigenvalue weighted by molar-refractivity contribution is 0.117. The zero-order chi connectivity index (χ0) is 14.3. The van der Waals surface area contributed by atoms with Gasteiger partial charge in [-0.15, -0.1) is 0 Å². The first-order valence-electron chi connectivity index (χ1n) is 6.23. The molecule has 1 aliphatic heterocycles. The van der Waals surface area contributed by atoms with Crippen molar-refractivity contribution in [1.82, 2.24) is 0 Å². The molecule has 0 bridgehead atoms. The summed E-state index contributed by atoms with van der Waals surface area (Å²) in [5.41, 5.74) is 0.611. The van der Waals surface area contributed by atoms with Crippen LogP contribution in [0.2, 0.25) is 0 Å². The third-order valence-electron chi connectivity index (χ3n) is 3.43. The molecule has 3 rings (SSSR count). The summed E-state index contributed by atoms with van der Waals surface area (Å²) in [5, 5.41) is 0. The standard InChI is InChI=1S/C15H14O4S/c1-10(18-2)11-6-5-8-13-15(11)20(16,17)14-9-4-3-7-12(14)19-13/h3-10H,1-2H3/t10-/m0/s1. The lowest BCUT2D eigenvalue weighted by atomic mass is 10.1. The van der Waals surface area contributed by atoms with Crippen molar-refractivity contribution in [3.63, 3.8) is 0 Å². The van der Waals surface area contributed by atoms with E-state index in [9.17, 15) is 8.42 Å². The van der Waals surface area contributed by atoms with E-state index in [0.717, 1.165) is 0 Å². The number of methoxy groups -OCH3 is 1. The highest BCUT2D eigenvalue weighted by atomic mass is 32.2. The van der Waals surface area contributed by atoms with E-state index in [1.807, 2.05) is 6.92 Å². The van der Waals surface area contributed by atoms with Crippen molar-refractivity contribution >= 4 is 9.84 Å². The highest BCUT2D eigenvalue weighted by molar-refractivity contribution is 7.91. The van der Waals surface area contributed by atoms with Gasteiger partial charge in [-0.05, 0) is 25.1 Å². The van der Waals surface area contributed by atoms with E-state index in [2.05, 4.69) is 0 Å². The lowest BCUT2D eigenvalue weighted by Gasteiger charge is -2.24. The topological polar surface area (TPSA) is 52.6 Å². The van der Waals surface area contributed by atoms with E-state index in [1.165, 1.54) is 0 Å². The second-order valence-electron chi connectivity index (χ2n) is 4.60. The molecular formula is C15H14O4S. The van der Waals surface area contributed by atoms with Crippen molar-refractivity contribution in [2.24, 2.45) is 0 Å². The summed E-state index contributed by atoms with van der Waals surface area (Å²) in [6.07, 6.45) is -0.325. The number of ether oxygens (including phenoxy) is 2. The highest BCUT2D eigenvalue weighted by Gasteiger charge is 2.34. The minimum Gasteiger partial charge on any atom is -0.455 e. The Balaban J connectivity index is 2.31. The summed E-state index contributed by atoms with van der Waals surface area (Å²) in [4.78, 5) is 0.399. The number of hydrogen-bond donors (Lipinski definition) is 0. The van der Waals surface area contributed by atoms with Crippen LogP contribution in [0.15, 0.2) is 52.3 Å². The van der Waals surface area contributed by atoms with Crippen molar-refractivity contribution in [2.45, 2.75) is 22.8 Å². The van der Waals surface area contributed by atoms with Crippen molar-refractivity contribution in [1.29, 1.82) is 0 Å². The Morgan fingerprint density at radius 1 is 1.05 bits per heavy atom. The largest absolute Gasteiger partial charge is 0.455 e. The summed E-state index contributed by atoms with van der Waals surface area (Å²) in [5.74, 6) is 0.715. The average molecular weight is 290 g/mol. The molecule has 0 unspecified atom stereocenters. The second-order valence-corrected chi connectivity index (χ2v) is 6.46. The first kappa shape index (κ1) is 13.1. The number of sulfone groups is 1. The van der Waals surface area contributed by atoms with Crippen LogP contribution in [0.4, 0.5) is 0 Å². The molecule has 0 saturated carbocycles. The van der Waals surface area contributed by atoms with E-state index in [-0.39, 0.29) is 15.9 Å². The Labute approximate surface area is 117 Å². The maximum Gasteiger partial charge on any atom is 0.214 e. The summed E-state index contributed by atoms with van der Waals surface area (Å²) in [6, 6.07) is 11.8. The fourth-order valence-corrected chi connectivity index (χ4v) is 4.10. The van der Waals surface area contributed by atoms with Gasteiger partial charge < -0.3 is 9.47 Å². The summed E-state index contributed by atoms with van der Waals surface area (Å²) in [7, 11) is -2.04. The third kappa shape index (κ3) is 1.82. The first-order chi connectivity index (χ1) is 9.55. The number of rotatable bonds is 2. The van der Waals surface area contributed by atoms with Crippen molar-refractivity contribution in [3.05, 3.63) is 48.0 Å². The van der Waals surface area contributed by atoms with Gasteiger partial charge in [0.25, 0.3) is 0 Å². The van der Waals surface area contributed by atoms with Gasteiger partial charge in [-0.1, -0.05) is 24.3 Å². The van der Waals surface area contributed by atoms with E-state index < -0.39 is 9.84 Å². The van der Waals surface area contributed by atoms with Crippen molar-refractivity contribution in [2.75, 3.05) is 7.11 Å². The normalized spacial score (nSPS) is 16.7. The molecule has 2 aromatic rings. The monoisotopic (exact) mass is 290 g/mol. The van der Waals surface area contributed by atoms with Crippen LogP contribution in [-0.2, 0) is 14.6 Å². The van der Waals surface area contributed by atoms with Gasteiger partial charge >= 0.3 is 0 Å². The maximum atomic E-state index is 12.8. The SMILES string of the molecule is CO[C@@H](C)c1cccc2c1S(=O)(=O)c1ccccc1O2. The van der Waals surface area contributed by atoms with Crippen LogP contribution in [0, 0.1) is 0 Å². The Bertz CT molecular complexity index is 765. The molecule has 0 fully saturated rings. The molecule has 4 nitrogen and oxygen atoms in total. The van der Waals surface area contributed by atoms with Gasteiger partial charge in [-0.3, -0.25) is 0 Å². The molecule has 20 heavy (non-hydrogen) atoms. The molecule has 104 valence electrons. The van der Waals surface area contributed by atoms with E-state index in [0.29, 0.717) is 17.1 Å². The quantitative estimate of drug-likeness (QED) is 0.726. The van der Waals surface area contributed by atoms with Gasteiger partial charge in [0.1, 0.15) is 21.3 Å².